The molecule has 0 aliphatic carbocycles. The topological polar surface area (TPSA) is 26.0 Å². The van der Waals surface area contributed by atoms with Crippen molar-refractivity contribution in [3.63, 3.8) is 0 Å². The molecule has 0 saturated heterocycles. The van der Waals surface area contributed by atoms with Crippen LogP contribution in [0.15, 0.2) is 34.2 Å². The quantitative estimate of drug-likeness (QED) is 0.635. The third-order valence-corrected chi connectivity index (χ3v) is 3.18. The van der Waals surface area contributed by atoms with E-state index in [9.17, 15) is 4.39 Å². The van der Waals surface area contributed by atoms with Crippen molar-refractivity contribution in [1.29, 1.82) is 0 Å². The Morgan fingerprint density at radius 1 is 1.64 bits per heavy atom. The van der Waals surface area contributed by atoms with Crippen LogP contribution in [0.25, 0.3) is 0 Å². The maximum atomic E-state index is 13.0. The van der Waals surface area contributed by atoms with E-state index in [1.54, 1.807) is 12.1 Å². The summed E-state index contributed by atoms with van der Waals surface area (Å²) in [7, 11) is 0. The molecule has 0 saturated carbocycles. The Morgan fingerprint density at radius 2 is 2.36 bits per heavy atom. The molecule has 0 aliphatic heterocycles. The first kappa shape index (κ1) is 11.4. The first-order valence-electron chi connectivity index (χ1n) is 4.07. The first-order chi connectivity index (χ1) is 6.63. The van der Waals surface area contributed by atoms with E-state index in [0.29, 0.717) is 0 Å². The van der Waals surface area contributed by atoms with E-state index < -0.39 is 0 Å². The summed E-state index contributed by atoms with van der Waals surface area (Å²) in [5.41, 5.74) is 8.11. The maximum Gasteiger partial charge on any atom is 0.147 e. The Hall–Kier alpha value is -0.670. The molecule has 0 bridgehead atoms. The van der Waals surface area contributed by atoms with Crippen molar-refractivity contribution >= 4 is 29.1 Å². The van der Waals surface area contributed by atoms with E-state index in [1.807, 2.05) is 6.92 Å². The number of rotatable bonds is 3. The third-order valence-electron chi connectivity index (χ3n) is 1.62. The van der Waals surface area contributed by atoms with Crippen LogP contribution in [0.5, 0.6) is 0 Å². The van der Waals surface area contributed by atoms with Crippen LogP contribution in [0.1, 0.15) is 6.92 Å². The lowest BCUT2D eigenvalue weighted by Crippen LogP contribution is -1.90. The van der Waals surface area contributed by atoms with Crippen molar-refractivity contribution in [2.24, 2.45) is 0 Å². The van der Waals surface area contributed by atoms with Crippen molar-refractivity contribution in [3.8, 4) is 0 Å². The largest absolute Gasteiger partial charge is 0.396 e. The summed E-state index contributed by atoms with van der Waals surface area (Å²) in [5, 5.41) is 0. The molecule has 14 heavy (non-hydrogen) atoms. The zero-order valence-corrected chi connectivity index (χ0v) is 9.33. The van der Waals surface area contributed by atoms with Crippen LogP contribution in [0.3, 0.4) is 0 Å². The molecule has 0 amide bonds. The van der Waals surface area contributed by atoms with Gasteiger partial charge in [-0.2, -0.15) is 0 Å². The van der Waals surface area contributed by atoms with Crippen molar-refractivity contribution in [2.45, 2.75) is 11.8 Å². The molecule has 1 aromatic carbocycles. The fourth-order valence-corrected chi connectivity index (χ4v) is 1.82. The van der Waals surface area contributed by atoms with Gasteiger partial charge in [-0.1, -0.05) is 17.2 Å². The van der Waals surface area contributed by atoms with Gasteiger partial charge in [-0.3, -0.25) is 0 Å². The van der Waals surface area contributed by atoms with Gasteiger partial charge in [-0.05, 0) is 25.1 Å². The van der Waals surface area contributed by atoms with Crippen LogP contribution in [0, 0.1) is 5.82 Å². The highest BCUT2D eigenvalue weighted by Gasteiger charge is 2.00. The predicted octanol–water partition coefficient (Wildman–Crippen LogP) is 3.64. The molecule has 4 heteroatoms. The molecule has 0 spiro atoms. The molecule has 0 atom stereocenters. The lowest BCUT2D eigenvalue weighted by molar-refractivity contribution is 0.629. The minimum Gasteiger partial charge on any atom is -0.396 e. The van der Waals surface area contributed by atoms with Crippen LogP contribution < -0.4 is 5.73 Å². The second-order valence-corrected chi connectivity index (χ2v) is 4.19. The molecular weight excluding hydrogens is 221 g/mol. The zero-order valence-electron chi connectivity index (χ0n) is 7.76. The standard InChI is InChI=1S/C10H11ClFNS/c1-7(5-11)6-14-8-2-3-10(13)9(12)4-8/h2-5H,6,13H2,1H3/b7-5-. The van der Waals surface area contributed by atoms with Gasteiger partial charge >= 0.3 is 0 Å². The van der Waals surface area contributed by atoms with E-state index in [1.165, 1.54) is 23.4 Å². The molecular formula is C10H11ClFNS. The van der Waals surface area contributed by atoms with E-state index in [2.05, 4.69) is 0 Å². The van der Waals surface area contributed by atoms with Crippen molar-refractivity contribution in [2.75, 3.05) is 11.5 Å². The van der Waals surface area contributed by atoms with E-state index >= 15 is 0 Å². The van der Waals surface area contributed by atoms with Crippen molar-refractivity contribution in [1.82, 2.24) is 0 Å². The summed E-state index contributed by atoms with van der Waals surface area (Å²) >= 11 is 7.03. The van der Waals surface area contributed by atoms with Gasteiger partial charge in [0.2, 0.25) is 0 Å². The summed E-state index contributed by atoms with van der Waals surface area (Å²) in [5.74, 6) is 0.384. The van der Waals surface area contributed by atoms with Gasteiger partial charge in [0.25, 0.3) is 0 Å². The van der Waals surface area contributed by atoms with Crippen LogP contribution in [0.2, 0.25) is 0 Å². The Balaban J connectivity index is 2.64. The van der Waals surface area contributed by atoms with Gasteiger partial charge < -0.3 is 5.73 Å². The van der Waals surface area contributed by atoms with Crippen LogP contribution in [-0.2, 0) is 0 Å². The highest BCUT2D eigenvalue weighted by molar-refractivity contribution is 7.99. The molecule has 0 aliphatic rings. The molecule has 1 nitrogen and oxygen atoms in total. The zero-order chi connectivity index (χ0) is 10.6. The Morgan fingerprint density at radius 3 is 2.93 bits per heavy atom. The fourth-order valence-electron chi connectivity index (χ4n) is 0.826. The molecule has 0 fully saturated rings. The minimum absolute atomic E-state index is 0.180. The summed E-state index contributed by atoms with van der Waals surface area (Å²) in [6.07, 6.45) is 0. The average Bonchev–Trinajstić information content (AvgIpc) is 2.19. The predicted molar refractivity (Wildman–Crippen MR) is 61.1 cm³/mol. The average molecular weight is 232 g/mol. The van der Waals surface area contributed by atoms with Gasteiger partial charge in [0.05, 0.1) is 5.69 Å². The number of hydrogen-bond donors (Lipinski definition) is 1. The Kier molecular flexibility index (Phi) is 4.29. The summed E-state index contributed by atoms with van der Waals surface area (Å²) in [4.78, 5) is 0.856. The number of halogens is 2. The molecule has 1 aromatic rings. The van der Waals surface area contributed by atoms with Gasteiger partial charge in [0, 0.05) is 16.2 Å². The number of thioether (sulfide) groups is 1. The van der Waals surface area contributed by atoms with E-state index in [-0.39, 0.29) is 11.5 Å². The van der Waals surface area contributed by atoms with Crippen molar-refractivity contribution < 1.29 is 4.39 Å². The lowest BCUT2D eigenvalue weighted by atomic mass is 10.3. The summed E-state index contributed by atoms with van der Waals surface area (Å²) in [6.45, 7) is 1.92. The van der Waals surface area contributed by atoms with Crippen LogP contribution >= 0.6 is 23.4 Å². The Labute approximate surface area is 92.1 Å². The van der Waals surface area contributed by atoms with Gasteiger partial charge in [0.15, 0.2) is 0 Å². The number of nitrogens with two attached hydrogens (primary N) is 1. The molecule has 0 aromatic heterocycles. The fraction of sp³-hybridized carbons (Fsp3) is 0.200. The molecule has 2 N–H and O–H groups in total. The second kappa shape index (κ2) is 5.27. The van der Waals surface area contributed by atoms with Crippen LogP contribution in [-0.4, -0.2) is 5.75 Å². The van der Waals surface area contributed by atoms with E-state index in [0.717, 1.165) is 16.2 Å². The molecule has 0 unspecified atom stereocenters. The minimum atomic E-state index is -0.373. The molecule has 76 valence electrons. The molecule has 0 radical (unpaired) electrons. The number of hydrogen-bond acceptors (Lipinski definition) is 2. The van der Waals surface area contributed by atoms with Gasteiger partial charge in [-0.15, -0.1) is 11.8 Å². The second-order valence-electron chi connectivity index (χ2n) is 2.93. The normalized spacial score (nSPS) is 11.8. The lowest BCUT2D eigenvalue weighted by Gasteiger charge is -2.02. The molecule has 0 heterocycles. The van der Waals surface area contributed by atoms with Crippen LogP contribution in [0.4, 0.5) is 10.1 Å². The first-order valence-corrected chi connectivity index (χ1v) is 5.49. The smallest absolute Gasteiger partial charge is 0.147 e. The van der Waals surface area contributed by atoms with E-state index in [4.69, 9.17) is 17.3 Å². The highest BCUT2D eigenvalue weighted by Crippen LogP contribution is 2.23. The van der Waals surface area contributed by atoms with Crippen molar-refractivity contribution in [3.05, 3.63) is 35.1 Å². The maximum absolute atomic E-state index is 13.0. The third kappa shape index (κ3) is 3.24. The SMILES string of the molecule is C/C(=C/Cl)CSc1ccc(N)c(F)c1. The highest BCUT2D eigenvalue weighted by atomic mass is 35.5. The van der Waals surface area contributed by atoms with Gasteiger partial charge in [-0.25, -0.2) is 4.39 Å². The number of anilines is 1. The summed E-state index contributed by atoms with van der Waals surface area (Å²) in [6, 6.07) is 4.80. The monoisotopic (exact) mass is 231 g/mol. The number of nitrogen functional groups attached to an aromatic ring is 1. The molecule has 1 rings (SSSR count). The summed E-state index contributed by atoms with van der Waals surface area (Å²) < 4.78 is 13.0. The number of benzene rings is 1. The van der Waals surface area contributed by atoms with Gasteiger partial charge in [0.1, 0.15) is 5.82 Å². The Bertz CT molecular complexity index is 352.